The van der Waals surface area contributed by atoms with Gasteiger partial charge in [-0.05, 0) is 38.4 Å². The van der Waals surface area contributed by atoms with Crippen molar-refractivity contribution in [3.63, 3.8) is 0 Å². The van der Waals surface area contributed by atoms with Crippen LogP contribution in [-0.4, -0.2) is 42.0 Å². The van der Waals surface area contributed by atoms with Crippen molar-refractivity contribution in [1.82, 2.24) is 9.88 Å². The Hall–Kier alpha value is -2.21. The van der Waals surface area contributed by atoms with E-state index in [4.69, 9.17) is 0 Å². The lowest BCUT2D eigenvalue weighted by Gasteiger charge is -2.12. The molecule has 0 saturated heterocycles. The summed E-state index contributed by atoms with van der Waals surface area (Å²) in [5.74, 6) is 0. The van der Waals surface area contributed by atoms with E-state index in [2.05, 4.69) is 10.3 Å². The number of benzene rings is 1. The highest BCUT2D eigenvalue weighted by atomic mass is 16.6. The molecule has 0 spiro atoms. The van der Waals surface area contributed by atoms with Gasteiger partial charge in [0.15, 0.2) is 0 Å². The van der Waals surface area contributed by atoms with E-state index in [0.29, 0.717) is 23.1 Å². The van der Waals surface area contributed by atoms with Gasteiger partial charge in [0.25, 0.3) is 0 Å². The smallest absolute Gasteiger partial charge is 0.301 e. The third kappa shape index (κ3) is 2.97. The molecule has 1 heterocycles. The summed E-state index contributed by atoms with van der Waals surface area (Å²) in [6, 6.07) is 6.93. The topological polar surface area (TPSA) is 71.3 Å². The molecule has 0 atom stereocenters. The Kier molecular flexibility index (Phi) is 3.91. The van der Waals surface area contributed by atoms with E-state index in [1.807, 2.05) is 19.0 Å². The van der Waals surface area contributed by atoms with Gasteiger partial charge in [0.1, 0.15) is 5.69 Å². The standard InChI is InChI=1S/C13H16N4O2/c1-16(2)9-8-15-12-6-5-11-10(4-3-7-14-11)13(12)17(18)19/h3-7,15H,8-9H2,1-2H3. The Morgan fingerprint density at radius 1 is 1.37 bits per heavy atom. The van der Waals surface area contributed by atoms with Gasteiger partial charge in [-0.15, -0.1) is 0 Å². The van der Waals surface area contributed by atoms with Crippen molar-refractivity contribution in [1.29, 1.82) is 0 Å². The molecule has 0 aliphatic heterocycles. The Bertz CT molecular complexity index is 598. The molecule has 0 saturated carbocycles. The van der Waals surface area contributed by atoms with E-state index in [1.54, 1.807) is 30.5 Å². The fourth-order valence-corrected chi connectivity index (χ4v) is 1.89. The van der Waals surface area contributed by atoms with E-state index in [1.165, 1.54) is 0 Å². The third-order valence-corrected chi connectivity index (χ3v) is 2.81. The van der Waals surface area contributed by atoms with Crippen molar-refractivity contribution in [3.8, 4) is 0 Å². The van der Waals surface area contributed by atoms with Crippen molar-refractivity contribution in [3.05, 3.63) is 40.6 Å². The molecule has 0 aliphatic rings. The summed E-state index contributed by atoms with van der Waals surface area (Å²) in [6.07, 6.45) is 1.63. The minimum Gasteiger partial charge on any atom is -0.378 e. The molecular formula is C13H16N4O2. The summed E-state index contributed by atoms with van der Waals surface area (Å²) >= 11 is 0. The van der Waals surface area contributed by atoms with Crippen molar-refractivity contribution < 1.29 is 4.92 Å². The largest absolute Gasteiger partial charge is 0.378 e. The van der Waals surface area contributed by atoms with Crippen LogP contribution in [0, 0.1) is 10.1 Å². The number of likely N-dealkylation sites (N-methyl/N-ethyl adjacent to an activating group) is 1. The monoisotopic (exact) mass is 260 g/mol. The summed E-state index contributed by atoms with van der Waals surface area (Å²) in [6.45, 7) is 1.46. The van der Waals surface area contributed by atoms with Gasteiger partial charge in [-0.3, -0.25) is 15.1 Å². The molecule has 6 heteroatoms. The predicted molar refractivity (Wildman–Crippen MR) is 75.4 cm³/mol. The second-order valence-electron chi connectivity index (χ2n) is 4.52. The van der Waals surface area contributed by atoms with E-state index in [-0.39, 0.29) is 10.6 Å². The average molecular weight is 260 g/mol. The molecular weight excluding hydrogens is 244 g/mol. The number of fused-ring (bicyclic) bond motifs is 1. The molecule has 0 unspecified atom stereocenters. The zero-order valence-corrected chi connectivity index (χ0v) is 11.0. The first-order valence-corrected chi connectivity index (χ1v) is 6.00. The zero-order chi connectivity index (χ0) is 13.8. The molecule has 0 aliphatic carbocycles. The number of nitrogens with zero attached hydrogens (tertiary/aromatic N) is 3. The third-order valence-electron chi connectivity index (χ3n) is 2.81. The van der Waals surface area contributed by atoms with Crippen LogP contribution in [0.25, 0.3) is 10.9 Å². The molecule has 0 bridgehead atoms. The van der Waals surface area contributed by atoms with Gasteiger partial charge >= 0.3 is 5.69 Å². The summed E-state index contributed by atoms with van der Waals surface area (Å²) < 4.78 is 0. The van der Waals surface area contributed by atoms with Gasteiger partial charge in [-0.25, -0.2) is 0 Å². The Balaban J connectivity index is 2.37. The van der Waals surface area contributed by atoms with Crippen molar-refractivity contribution in [2.75, 3.05) is 32.5 Å². The van der Waals surface area contributed by atoms with Crippen LogP contribution in [0.1, 0.15) is 0 Å². The Morgan fingerprint density at radius 2 is 2.16 bits per heavy atom. The van der Waals surface area contributed by atoms with E-state index in [0.717, 1.165) is 6.54 Å². The minimum atomic E-state index is -0.359. The van der Waals surface area contributed by atoms with E-state index < -0.39 is 0 Å². The van der Waals surface area contributed by atoms with E-state index >= 15 is 0 Å². The SMILES string of the molecule is CN(C)CCNc1ccc2ncccc2c1[N+](=O)[O-]. The van der Waals surface area contributed by atoms with Crippen LogP contribution in [0.3, 0.4) is 0 Å². The Morgan fingerprint density at radius 3 is 2.84 bits per heavy atom. The van der Waals surface area contributed by atoms with Crippen LogP contribution in [0.5, 0.6) is 0 Å². The van der Waals surface area contributed by atoms with Crippen LogP contribution < -0.4 is 5.32 Å². The molecule has 2 aromatic rings. The second kappa shape index (κ2) is 5.62. The van der Waals surface area contributed by atoms with Gasteiger partial charge in [-0.2, -0.15) is 0 Å². The van der Waals surface area contributed by atoms with Crippen LogP contribution >= 0.6 is 0 Å². The lowest BCUT2D eigenvalue weighted by atomic mass is 10.1. The molecule has 0 fully saturated rings. The van der Waals surface area contributed by atoms with Crippen LogP contribution in [0.2, 0.25) is 0 Å². The van der Waals surface area contributed by atoms with Crippen molar-refractivity contribution in [2.24, 2.45) is 0 Å². The quantitative estimate of drug-likeness (QED) is 0.658. The molecule has 6 nitrogen and oxygen atoms in total. The minimum absolute atomic E-state index is 0.0874. The first-order valence-electron chi connectivity index (χ1n) is 6.00. The number of nitro groups is 1. The maximum atomic E-state index is 11.3. The molecule has 1 N–H and O–H groups in total. The predicted octanol–water partition coefficient (Wildman–Crippen LogP) is 2.12. The summed E-state index contributed by atoms with van der Waals surface area (Å²) in [4.78, 5) is 17.0. The van der Waals surface area contributed by atoms with Gasteiger partial charge in [-0.1, -0.05) is 0 Å². The fraction of sp³-hybridized carbons (Fsp3) is 0.308. The fourth-order valence-electron chi connectivity index (χ4n) is 1.89. The number of nitro benzene ring substituents is 1. The normalized spacial score (nSPS) is 10.9. The number of nitrogens with one attached hydrogen (secondary N) is 1. The highest BCUT2D eigenvalue weighted by Crippen LogP contribution is 2.32. The van der Waals surface area contributed by atoms with Crippen LogP contribution in [-0.2, 0) is 0 Å². The number of anilines is 1. The van der Waals surface area contributed by atoms with Crippen molar-refractivity contribution >= 4 is 22.3 Å². The van der Waals surface area contributed by atoms with Crippen molar-refractivity contribution in [2.45, 2.75) is 0 Å². The highest BCUT2D eigenvalue weighted by Gasteiger charge is 2.18. The lowest BCUT2D eigenvalue weighted by molar-refractivity contribution is -0.382. The number of aromatic nitrogens is 1. The number of hydrogen-bond donors (Lipinski definition) is 1. The molecule has 0 radical (unpaired) electrons. The van der Waals surface area contributed by atoms with Gasteiger partial charge in [0.2, 0.25) is 0 Å². The summed E-state index contributed by atoms with van der Waals surface area (Å²) in [5.41, 5.74) is 1.25. The van der Waals surface area contributed by atoms with Gasteiger partial charge in [0.05, 0.1) is 15.8 Å². The molecule has 2 rings (SSSR count). The van der Waals surface area contributed by atoms with Gasteiger partial charge < -0.3 is 10.2 Å². The molecule has 1 aromatic heterocycles. The first kappa shape index (κ1) is 13.2. The lowest BCUT2D eigenvalue weighted by Crippen LogP contribution is -2.21. The average Bonchev–Trinajstić information content (AvgIpc) is 2.37. The van der Waals surface area contributed by atoms with E-state index in [9.17, 15) is 10.1 Å². The maximum absolute atomic E-state index is 11.3. The number of hydrogen-bond acceptors (Lipinski definition) is 5. The Labute approximate surface area is 111 Å². The molecule has 0 amide bonds. The number of pyridine rings is 1. The number of rotatable bonds is 5. The van der Waals surface area contributed by atoms with Crippen LogP contribution in [0.4, 0.5) is 11.4 Å². The highest BCUT2D eigenvalue weighted by molar-refractivity contribution is 5.94. The molecule has 100 valence electrons. The maximum Gasteiger partial charge on any atom is 0.301 e. The molecule has 19 heavy (non-hydrogen) atoms. The summed E-state index contributed by atoms with van der Waals surface area (Å²) in [5, 5.41) is 14.9. The second-order valence-corrected chi connectivity index (χ2v) is 4.52. The summed E-state index contributed by atoms with van der Waals surface area (Å²) in [7, 11) is 3.92. The van der Waals surface area contributed by atoms with Gasteiger partial charge in [0, 0.05) is 19.3 Å². The van der Waals surface area contributed by atoms with Crippen LogP contribution in [0.15, 0.2) is 30.5 Å². The first-order chi connectivity index (χ1) is 9.09. The zero-order valence-electron chi connectivity index (χ0n) is 11.0. The molecule has 1 aromatic carbocycles.